The summed E-state index contributed by atoms with van der Waals surface area (Å²) in [5.41, 5.74) is -7.25. The molecule has 1 unspecified atom stereocenters. The van der Waals surface area contributed by atoms with E-state index in [1.165, 1.54) is 0 Å². The van der Waals surface area contributed by atoms with Gasteiger partial charge in [-0.1, -0.05) is 12.1 Å². The molecule has 24 heavy (non-hydrogen) atoms. The fraction of sp³-hybridized carbons (Fsp3) is 0.286. The number of alkyl halides is 8. The lowest BCUT2D eigenvalue weighted by Gasteiger charge is -2.36. The summed E-state index contributed by atoms with van der Waals surface area (Å²) in [4.78, 5) is 0. The molecule has 0 radical (unpaired) electrons. The Morgan fingerprint density at radius 2 is 1.21 bits per heavy atom. The third-order valence-electron chi connectivity index (χ3n) is 3.38. The van der Waals surface area contributed by atoms with Crippen LogP contribution >= 0.6 is 0 Å². The maximum Gasteiger partial charge on any atom is 0.457 e. The zero-order chi connectivity index (χ0) is 18.4. The Morgan fingerprint density at radius 1 is 0.708 bits per heavy atom. The Kier molecular flexibility index (Phi) is 4.16. The predicted octanol–water partition coefficient (Wildman–Crippen LogP) is 4.73. The van der Waals surface area contributed by atoms with Crippen molar-refractivity contribution in [3.8, 4) is 0 Å². The van der Waals surface area contributed by atoms with Crippen molar-refractivity contribution >= 4 is 0 Å². The molecule has 0 aliphatic carbocycles. The molecule has 0 amide bonds. The first-order chi connectivity index (χ1) is 10.8. The van der Waals surface area contributed by atoms with Crippen LogP contribution in [0.1, 0.15) is 16.7 Å². The minimum absolute atomic E-state index is 0.298. The van der Waals surface area contributed by atoms with Crippen molar-refractivity contribution in [2.75, 3.05) is 0 Å². The minimum Gasteiger partial charge on any atom is -0.472 e. The van der Waals surface area contributed by atoms with Crippen LogP contribution in [0, 0.1) is 0 Å². The van der Waals surface area contributed by atoms with E-state index in [0.29, 0.717) is 36.6 Å². The maximum atomic E-state index is 13.9. The molecule has 2 rings (SSSR count). The maximum absolute atomic E-state index is 13.9. The molecule has 1 N–H and O–H groups in total. The number of hydrogen-bond donors (Lipinski definition) is 1. The highest BCUT2D eigenvalue weighted by Crippen LogP contribution is 2.52. The van der Waals surface area contributed by atoms with Crippen LogP contribution in [0.15, 0.2) is 47.3 Å². The van der Waals surface area contributed by atoms with Crippen LogP contribution in [0.25, 0.3) is 0 Å². The van der Waals surface area contributed by atoms with E-state index in [0.717, 1.165) is 6.26 Å². The zero-order valence-corrected chi connectivity index (χ0v) is 11.4. The van der Waals surface area contributed by atoms with Crippen LogP contribution < -0.4 is 0 Å². The van der Waals surface area contributed by atoms with E-state index in [-0.39, 0.29) is 0 Å². The molecule has 2 aromatic rings. The standard InChI is InChI=1S/C14H8F8O2/c15-12(16,17)9-3-1-8(2-4-9)11(23,10-5-6-24-7-10)13(18,19)14(20,21)22/h1-7,23H. The van der Waals surface area contributed by atoms with E-state index in [1.807, 2.05) is 0 Å². The molecule has 0 saturated carbocycles. The highest BCUT2D eigenvalue weighted by Gasteiger charge is 2.71. The Morgan fingerprint density at radius 3 is 1.58 bits per heavy atom. The summed E-state index contributed by atoms with van der Waals surface area (Å²) in [5.74, 6) is -5.69. The first kappa shape index (κ1) is 18.2. The van der Waals surface area contributed by atoms with E-state index in [9.17, 15) is 40.2 Å². The first-order valence-corrected chi connectivity index (χ1v) is 6.19. The molecule has 0 spiro atoms. The Hall–Kier alpha value is -2.10. The number of aliphatic hydroxyl groups is 1. The van der Waals surface area contributed by atoms with Crippen molar-refractivity contribution in [3.63, 3.8) is 0 Å². The number of rotatable bonds is 3. The fourth-order valence-electron chi connectivity index (χ4n) is 2.11. The quantitative estimate of drug-likeness (QED) is 0.803. The molecule has 1 heterocycles. The normalized spacial score (nSPS) is 16.0. The molecule has 0 fully saturated rings. The lowest BCUT2D eigenvalue weighted by atomic mass is 9.81. The molecular formula is C14H8F8O2. The van der Waals surface area contributed by atoms with Gasteiger partial charge in [-0.3, -0.25) is 0 Å². The van der Waals surface area contributed by atoms with E-state index in [1.54, 1.807) is 0 Å². The molecule has 1 atom stereocenters. The van der Waals surface area contributed by atoms with E-state index in [2.05, 4.69) is 4.42 Å². The smallest absolute Gasteiger partial charge is 0.457 e. The average Bonchev–Trinajstić information content (AvgIpc) is 2.98. The molecule has 0 aliphatic heterocycles. The van der Waals surface area contributed by atoms with Gasteiger partial charge >= 0.3 is 18.3 Å². The molecular weight excluding hydrogens is 352 g/mol. The number of benzene rings is 1. The second-order valence-electron chi connectivity index (χ2n) is 4.87. The second-order valence-corrected chi connectivity index (χ2v) is 4.87. The number of furan rings is 1. The molecule has 1 aromatic heterocycles. The van der Waals surface area contributed by atoms with E-state index in [4.69, 9.17) is 0 Å². The van der Waals surface area contributed by atoms with Crippen molar-refractivity contribution < 1.29 is 44.6 Å². The van der Waals surface area contributed by atoms with E-state index >= 15 is 0 Å². The minimum atomic E-state index is -6.16. The lowest BCUT2D eigenvalue weighted by Crippen LogP contribution is -2.55. The summed E-state index contributed by atoms with van der Waals surface area (Å²) in [6, 6.07) is 1.97. The largest absolute Gasteiger partial charge is 0.472 e. The molecule has 10 heteroatoms. The van der Waals surface area contributed by atoms with Gasteiger partial charge in [-0.05, 0) is 23.8 Å². The number of halogens is 8. The monoisotopic (exact) mass is 360 g/mol. The van der Waals surface area contributed by atoms with Gasteiger partial charge < -0.3 is 9.52 Å². The Labute approximate surface area is 129 Å². The van der Waals surface area contributed by atoms with Gasteiger partial charge in [-0.2, -0.15) is 35.1 Å². The molecule has 2 nitrogen and oxygen atoms in total. The van der Waals surface area contributed by atoms with Crippen LogP contribution in [0.4, 0.5) is 35.1 Å². The van der Waals surface area contributed by atoms with Gasteiger partial charge in [-0.25, -0.2) is 0 Å². The summed E-state index contributed by atoms with van der Waals surface area (Å²) in [6.07, 6.45) is -9.78. The van der Waals surface area contributed by atoms with Gasteiger partial charge in [0.1, 0.15) is 0 Å². The second kappa shape index (κ2) is 5.47. The van der Waals surface area contributed by atoms with Crippen molar-refractivity contribution in [2.24, 2.45) is 0 Å². The molecule has 0 saturated heterocycles. The van der Waals surface area contributed by atoms with Crippen molar-refractivity contribution in [3.05, 3.63) is 59.5 Å². The predicted molar refractivity (Wildman–Crippen MR) is 64.2 cm³/mol. The van der Waals surface area contributed by atoms with Crippen LogP contribution in [0.2, 0.25) is 0 Å². The zero-order valence-electron chi connectivity index (χ0n) is 11.4. The summed E-state index contributed by atoms with van der Waals surface area (Å²) >= 11 is 0. The Bertz CT molecular complexity index is 685. The third kappa shape index (κ3) is 2.74. The van der Waals surface area contributed by atoms with Gasteiger partial charge in [0.05, 0.1) is 18.1 Å². The van der Waals surface area contributed by atoms with Gasteiger partial charge in [0, 0.05) is 5.56 Å². The summed E-state index contributed by atoms with van der Waals surface area (Å²) in [6.45, 7) is 0. The number of hydrogen-bond acceptors (Lipinski definition) is 2. The fourth-order valence-corrected chi connectivity index (χ4v) is 2.11. The van der Waals surface area contributed by atoms with Crippen LogP contribution in [0.5, 0.6) is 0 Å². The van der Waals surface area contributed by atoms with Crippen molar-refractivity contribution in [2.45, 2.75) is 23.9 Å². The lowest BCUT2D eigenvalue weighted by molar-refractivity contribution is -0.336. The molecule has 0 bridgehead atoms. The van der Waals surface area contributed by atoms with Crippen molar-refractivity contribution in [1.29, 1.82) is 0 Å². The van der Waals surface area contributed by atoms with Crippen LogP contribution in [0.3, 0.4) is 0 Å². The first-order valence-electron chi connectivity index (χ1n) is 6.19. The Balaban J connectivity index is 2.65. The summed E-state index contributed by atoms with van der Waals surface area (Å²) < 4.78 is 108. The van der Waals surface area contributed by atoms with Gasteiger partial charge in [0.15, 0.2) is 5.60 Å². The summed E-state index contributed by atoms with van der Waals surface area (Å²) in [7, 11) is 0. The van der Waals surface area contributed by atoms with Gasteiger partial charge in [-0.15, -0.1) is 0 Å². The topological polar surface area (TPSA) is 33.4 Å². The van der Waals surface area contributed by atoms with E-state index < -0.39 is 40.6 Å². The van der Waals surface area contributed by atoms with Crippen LogP contribution in [-0.4, -0.2) is 17.2 Å². The average molecular weight is 360 g/mol. The van der Waals surface area contributed by atoms with Gasteiger partial charge in [0.25, 0.3) is 0 Å². The molecule has 0 aliphatic rings. The molecule has 132 valence electrons. The molecule has 1 aromatic carbocycles. The third-order valence-corrected chi connectivity index (χ3v) is 3.38. The summed E-state index contributed by atoms with van der Waals surface area (Å²) in [5, 5.41) is 10.2. The van der Waals surface area contributed by atoms with Crippen LogP contribution in [-0.2, 0) is 11.8 Å². The highest BCUT2D eigenvalue weighted by atomic mass is 19.4. The van der Waals surface area contributed by atoms with Gasteiger partial charge in [0.2, 0.25) is 0 Å². The SMILES string of the molecule is OC(c1ccc(C(F)(F)F)cc1)(c1ccoc1)C(F)(F)C(F)(F)F. The highest BCUT2D eigenvalue weighted by molar-refractivity contribution is 5.39. The van der Waals surface area contributed by atoms with Crippen molar-refractivity contribution in [1.82, 2.24) is 0 Å².